The molecule has 13 heteroatoms. The van der Waals surface area contributed by atoms with E-state index in [0.717, 1.165) is 23.7 Å². The topological polar surface area (TPSA) is 109 Å². The molecular weight excluding hydrogens is 576 g/mol. The second-order valence-electron chi connectivity index (χ2n) is 11.1. The van der Waals surface area contributed by atoms with Gasteiger partial charge in [-0.15, -0.1) is 0 Å². The number of nitrogens with one attached hydrogen (secondary N) is 2. The Morgan fingerprint density at radius 3 is 2.56 bits per heavy atom. The molecule has 0 bridgehead atoms. The SMILES string of the molecule is COc1ccc(-c2cn(COCC[Si](C)C)c3nccc(Oc4c(F)cc(NC(=O)NCC5(C)COC5)cc4F)c23)cn1. The Hall–Kier alpha value is -4.07. The lowest BCUT2D eigenvalue weighted by molar-refractivity contribution is -0.0974. The summed E-state index contributed by atoms with van der Waals surface area (Å²) in [6, 6.07) is 7.54. The summed E-state index contributed by atoms with van der Waals surface area (Å²) in [6.45, 7) is 8.72. The molecule has 2 amide bonds. The van der Waals surface area contributed by atoms with E-state index in [4.69, 9.17) is 18.9 Å². The Morgan fingerprint density at radius 1 is 1.16 bits per heavy atom. The molecule has 0 aliphatic carbocycles. The van der Waals surface area contributed by atoms with E-state index in [2.05, 4.69) is 33.7 Å². The highest BCUT2D eigenvalue weighted by Crippen LogP contribution is 2.40. The van der Waals surface area contributed by atoms with Crippen LogP contribution in [0.25, 0.3) is 22.2 Å². The molecule has 1 aliphatic rings. The van der Waals surface area contributed by atoms with E-state index in [9.17, 15) is 4.79 Å². The molecule has 5 rings (SSSR count). The van der Waals surface area contributed by atoms with Gasteiger partial charge in [-0.1, -0.05) is 20.0 Å². The van der Waals surface area contributed by atoms with Crippen molar-refractivity contribution in [1.82, 2.24) is 19.9 Å². The Labute approximate surface area is 249 Å². The minimum atomic E-state index is -0.980. The van der Waals surface area contributed by atoms with Crippen molar-refractivity contribution < 1.29 is 32.5 Å². The normalized spacial score (nSPS) is 14.0. The fourth-order valence-corrected chi connectivity index (χ4v) is 5.10. The Morgan fingerprint density at radius 2 is 1.93 bits per heavy atom. The van der Waals surface area contributed by atoms with E-state index in [1.165, 1.54) is 13.3 Å². The minimum absolute atomic E-state index is 0.0494. The second kappa shape index (κ2) is 13.1. The standard InChI is InChI=1S/C30H34F2N5O5Si/c1-30(16-41-17-30)15-35-29(38)36-20-11-22(31)27(23(32)12-20)42-24-7-8-33-28-26(24)21(19-5-6-25(39-2)34-13-19)14-37(28)18-40-9-10-43(3)4/h5-8,11-14H,9-10,15-18H2,1-4H3,(H2,35,36,38). The van der Waals surface area contributed by atoms with Gasteiger partial charge in [-0.2, -0.15) is 0 Å². The molecule has 1 fully saturated rings. The molecule has 10 nitrogen and oxygen atoms in total. The van der Waals surface area contributed by atoms with Crippen LogP contribution in [0.1, 0.15) is 6.92 Å². The van der Waals surface area contributed by atoms with Crippen molar-refractivity contribution in [2.24, 2.45) is 5.41 Å². The maximum atomic E-state index is 15.3. The monoisotopic (exact) mass is 610 g/mol. The van der Waals surface area contributed by atoms with Crippen LogP contribution < -0.4 is 20.1 Å². The average molecular weight is 611 g/mol. The first kappa shape index (κ1) is 30.4. The molecule has 0 saturated carbocycles. The van der Waals surface area contributed by atoms with Crippen molar-refractivity contribution in [2.75, 3.05) is 38.8 Å². The van der Waals surface area contributed by atoms with Crippen LogP contribution in [0.3, 0.4) is 0 Å². The lowest BCUT2D eigenvalue weighted by atomic mass is 9.89. The van der Waals surface area contributed by atoms with E-state index in [-0.39, 0.29) is 23.6 Å². The van der Waals surface area contributed by atoms with Crippen LogP contribution >= 0.6 is 0 Å². The lowest BCUT2D eigenvalue weighted by Gasteiger charge is -2.37. The van der Waals surface area contributed by atoms with E-state index >= 15 is 8.78 Å². The van der Waals surface area contributed by atoms with E-state index < -0.39 is 32.2 Å². The van der Waals surface area contributed by atoms with Gasteiger partial charge in [0.25, 0.3) is 0 Å². The first-order valence-corrected chi connectivity index (χ1v) is 16.5. The molecule has 2 N–H and O–H groups in total. The average Bonchev–Trinajstić information content (AvgIpc) is 3.34. The number of urea groups is 1. The highest BCUT2D eigenvalue weighted by molar-refractivity contribution is 6.55. The van der Waals surface area contributed by atoms with Crippen LogP contribution in [0.5, 0.6) is 17.4 Å². The smallest absolute Gasteiger partial charge is 0.319 e. The van der Waals surface area contributed by atoms with Gasteiger partial charge >= 0.3 is 6.03 Å². The quantitative estimate of drug-likeness (QED) is 0.148. The summed E-state index contributed by atoms with van der Waals surface area (Å²) < 4.78 is 54.5. The molecule has 0 unspecified atom stereocenters. The maximum Gasteiger partial charge on any atom is 0.319 e. The number of rotatable bonds is 12. The third-order valence-corrected chi connectivity index (χ3v) is 8.20. The van der Waals surface area contributed by atoms with Crippen molar-refractivity contribution >= 4 is 31.5 Å². The predicted octanol–water partition coefficient (Wildman–Crippen LogP) is 6.06. The third-order valence-electron chi connectivity index (χ3n) is 7.00. The Balaban J connectivity index is 1.42. The summed E-state index contributed by atoms with van der Waals surface area (Å²) in [5.41, 5.74) is 1.73. The molecule has 1 aromatic carbocycles. The zero-order valence-corrected chi connectivity index (χ0v) is 25.5. The summed E-state index contributed by atoms with van der Waals surface area (Å²) in [6.07, 6.45) is 5.00. The number of methoxy groups -OCH3 is 1. The Bertz CT molecular complexity index is 1570. The number of hydrogen-bond donors (Lipinski definition) is 2. The van der Waals surface area contributed by atoms with Gasteiger partial charge in [-0.05, 0) is 18.2 Å². The number of ether oxygens (including phenoxy) is 4. The number of anilines is 1. The zero-order valence-electron chi connectivity index (χ0n) is 24.5. The van der Waals surface area contributed by atoms with Crippen LogP contribution in [-0.4, -0.2) is 62.8 Å². The predicted molar refractivity (Wildman–Crippen MR) is 160 cm³/mol. The van der Waals surface area contributed by atoms with Crippen LogP contribution in [0, 0.1) is 17.0 Å². The van der Waals surface area contributed by atoms with Gasteiger partial charge in [0.05, 0.1) is 25.7 Å². The van der Waals surface area contributed by atoms with Gasteiger partial charge < -0.3 is 34.1 Å². The minimum Gasteiger partial charge on any atom is -0.481 e. The summed E-state index contributed by atoms with van der Waals surface area (Å²) in [7, 11) is 1.10. The lowest BCUT2D eigenvalue weighted by Crippen LogP contribution is -2.49. The number of aromatic nitrogens is 3. The van der Waals surface area contributed by atoms with Crippen molar-refractivity contribution in [3.63, 3.8) is 0 Å². The van der Waals surface area contributed by atoms with Crippen molar-refractivity contribution in [3.8, 4) is 28.5 Å². The number of amides is 2. The first-order valence-electron chi connectivity index (χ1n) is 13.8. The molecule has 4 heterocycles. The fourth-order valence-electron chi connectivity index (χ4n) is 4.55. The van der Waals surface area contributed by atoms with Gasteiger partial charge in [-0.3, -0.25) is 0 Å². The molecule has 227 valence electrons. The van der Waals surface area contributed by atoms with Gasteiger partial charge in [-0.25, -0.2) is 23.5 Å². The maximum absolute atomic E-state index is 15.3. The fraction of sp³-hybridized carbons (Fsp3) is 0.367. The molecule has 0 spiro atoms. The second-order valence-corrected chi connectivity index (χ2v) is 14.0. The number of halogens is 2. The van der Waals surface area contributed by atoms with E-state index in [1.54, 1.807) is 18.3 Å². The summed E-state index contributed by atoms with van der Waals surface area (Å²) in [5, 5.41) is 5.71. The summed E-state index contributed by atoms with van der Waals surface area (Å²) >= 11 is 0. The van der Waals surface area contributed by atoms with Gasteiger partial charge in [0.2, 0.25) is 5.88 Å². The molecular formula is C30H34F2N5O5Si. The first-order chi connectivity index (χ1) is 20.7. The van der Waals surface area contributed by atoms with Crippen LogP contribution in [0.4, 0.5) is 19.3 Å². The highest BCUT2D eigenvalue weighted by atomic mass is 28.3. The molecule has 4 aromatic rings. The third kappa shape index (κ3) is 7.12. The molecule has 1 aliphatic heterocycles. The van der Waals surface area contributed by atoms with Crippen LogP contribution in [-0.2, 0) is 16.2 Å². The highest BCUT2D eigenvalue weighted by Gasteiger charge is 2.33. The number of benzene rings is 1. The summed E-state index contributed by atoms with van der Waals surface area (Å²) in [5.74, 6) is -1.94. The number of pyridine rings is 2. The van der Waals surface area contributed by atoms with Gasteiger partial charge in [0, 0.05) is 81.0 Å². The van der Waals surface area contributed by atoms with Crippen molar-refractivity contribution in [2.45, 2.75) is 32.8 Å². The van der Waals surface area contributed by atoms with Gasteiger partial charge in [0.15, 0.2) is 17.4 Å². The molecule has 3 aromatic heterocycles. The summed E-state index contributed by atoms with van der Waals surface area (Å²) in [4.78, 5) is 21.2. The number of fused-ring (bicyclic) bond motifs is 1. The molecule has 1 saturated heterocycles. The number of carbonyl (C=O) groups is 1. The zero-order chi connectivity index (χ0) is 30.6. The van der Waals surface area contributed by atoms with Crippen molar-refractivity contribution in [1.29, 1.82) is 0 Å². The Kier molecular flexibility index (Phi) is 9.23. The molecule has 43 heavy (non-hydrogen) atoms. The number of nitrogens with zero attached hydrogens (tertiary/aromatic N) is 3. The van der Waals surface area contributed by atoms with Gasteiger partial charge in [0.1, 0.15) is 18.1 Å². The van der Waals surface area contributed by atoms with E-state index in [1.807, 2.05) is 23.8 Å². The van der Waals surface area contributed by atoms with Crippen molar-refractivity contribution in [3.05, 3.63) is 60.6 Å². The number of hydrogen-bond acceptors (Lipinski definition) is 7. The van der Waals surface area contributed by atoms with E-state index in [0.29, 0.717) is 48.8 Å². The molecule has 0 atom stereocenters. The number of carbonyl (C=O) groups excluding carboxylic acids is 1. The molecule has 1 radical (unpaired) electrons. The van der Waals surface area contributed by atoms with Crippen LogP contribution in [0.2, 0.25) is 19.1 Å². The van der Waals surface area contributed by atoms with Crippen LogP contribution in [0.15, 0.2) is 48.9 Å². The largest absolute Gasteiger partial charge is 0.481 e.